The highest BCUT2D eigenvalue weighted by Gasteiger charge is 2.16. The number of hydrogen-bond acceptors (Lipinski definition) is 4. The maximum absolute atomic E-state index is 11.5. The van der Waals surface area contributed by atoms with E-state index in [4.69, 9.17) is 16.3 Å². The molecule has 1 aromatic heterocycles. The molecule has 0 aliphatic rings. The van der Waals surface area contributed by atoms with Crippen molar-refractivity contribution >= 4 is 23.3 Å². The largest absolute Gasteiger partial charge is 0.494 e. The van der Waals surface area contributed by atoms with Crippen LogP contribution in [-0.2, 0) is 9.47 Å². The monoisotopic (exact) mass is 241 g/mol. The Morgan fingerprint density at radius 2 is 2.25 bits per heavy atom. The van der Waals surface area contributed by atoms with Gasteiger partial charge in [0.1, 0.15) is 10.9 Å². The van der Waals surface area contributed by atoms with Crippen LogP contribution in [0.25, 0.3) is 5.76 Å². The van der Waals surface area contributed by atoms with Crippen molar-refractivity contribution in [2.75, 3.05) is 13.7 Å². The van der Waals surface area contributed by atoms with Crippen LogP contribution in [0.15, 0.2) is 18.8 Å². The summed E-state index contributed by atoms with van der Waals surface area (Å²) in [6.45, 7) is 5.99. The van der Waals surface area contributed by atoms with Gasteiger partial charge in [0.15, 0.2) is 0 Å². The standard InChI is InChI=1S/C11H12ClNO3/c1-4-16-7(2)9-6-13-10(12)5-8(9)11(14)15-3/h5-6H,2,4H2,1,3H3. The maximum Gasteiger partial charge on any atom is 0.338 e. The first kappa shape index (κ1) is 12.5. The molecule has 0 amide bonds. The Kier molecular flexibility index (Phi) is 4.31. The van der Waals surface area contributed by atoms with Crippen LogP contribution in [0.3, 0.4) is 0 Å². The van der Waals surface area contributed by atoms with Crippen molar-refractivity contribution in [2.24, 2.45) is 0 Å². The van der Waals surface area contributed by atoms with Gasteiger partial charge in [0, 0.05) is 11.8 Å². The van der Waals surface area contributed by atoms with Crippen LogP contribution in [-0.4, -0.2) is 24.7 Å². The van der Waals surface area contributed by atoms with Crippen molar-refractivity contribution in [1.29, 1.82) is 0 Å². The number of carbonyl (C=O) groups is 1. The van der Waals surface area contributed by atoms with Gasteiger partial charge in [-0.15, -0.1) is 0 Å². The topological polar surface area (TPSA) is 48.4 Å². The van der Waals surface area contributed by atoms with E-state index in [1.165, 1.54) is 19.4 Å². The molecule has 4 nitrogen and oxygen atoms in total. The molecule has 0 aliphatic heterocycles. The van der Waals surface area contributed by atoms with Gasteiger partial charge in [-0.1, -0.05) is 18.2 Å². The predicted molar refractivity (Wildman–Crippen MR) is 61.2 cm³/mol. The average Bonchev–Trinajstić information content (AvgIpc) is 2.28. The molecule has 1 heterocycles. The van der Waals surface area contributed by atoms with E-state index in [1.54, 1.807) is 0 Å². The van der Waals surface area contributed by atoms with Gasteiger partial charge in [0.25, 0.3) is 0 Å². The summed E-state index contributed by atoms with van der Waals surface area (Å²) in [5, 5.41) is 0.216. The number of ether oxygens (including phenoxy) is 2. The van der Waals surface area contributed by atoms with E-state index < -0.39 is 5.97 Å². The Labute approximate surface area is 98.8 Å². The summed E-state index contributed by atoms with van der Waals surface area (Å²) in [4.78, 5) is 15.4. The van der Waals surface area contributed by atoms with E-state index in [1.807, 2.05) is 6.92 Å². The molecule has 5 heteroatoms. The van der Waals surface area contributed by atoms with Gasteiger partial charge in [0.05, 0.1) is 19.3 Å². The highest BCUT2D eigenvalue weighted by Crippen LogP contribution is 2.21. The summed E-state index contributed by atoms with van der Waals surface area (Å²) >= 11 is 5.71. The second-order valence-electron chi connectivity index (χ2n) is 2.90. The Hall–Kier alpha value is -1.55. The second-order valence-corrected chi connectivity index (χ2v) is 3.29. The fraction of sp³-hybridized carbons (Fsp3) is 0.273. The van der Waals surface area contributed by atoms with Gasteiger partial charge < -0.3 is 9.47 Å². The third kappa shape index (κ3) is 2.73. The normalized spacial score (nSPS) is 9.69. The molecule has 1 aromatic rings. The molecule has 0 saturated heterocycles. The SMILES string of the molecule is C=C(OCC)c1cnc(Cl)cc1C(=O)OC. The molecule has 1 rings (SSSR count). The highest BCUT2D eigenvalue weighted by molar-refractivity contribution is 6.29. The first-order chi connectivity index (χ1) is 7.60. The number of aromatic nitrogens is 1. The molecular weight excluding hydrogens is 230 g/mol. The molecule has 0 radical (unpaired) electrons. The van der Waals surface area contributed by atoms with Gasteiger partial charge >= 0.3 is 5.97 Å². The molecule has 0 atom stereocenters. The number of carbonyl (C=O) groups excluding carboxylic acids is 1. The van der Waals surface area contributed by atoms with Crippen molar-refractivity contribution in [3.8, 4) is 0 Å². The lowest BCUT2D eigenvalue weighted by Crippen LogP contribution is -2.07. The Morgan fingerprint density at radius 1 is 1.56 bits per heavy atom. The van der Waals surface area contributed by atoms with E-state index in [9.17, 15) is 4.79 Å². The molecule has 0 fully saturated rings. The second kappa shape index (κ2) is 5.51. The van der Waals surface area contributed by atoms with E-state index in [0.717, 1.165) is 0 Å². The molecule has 0 N–H and O–H groups in total. The predicted octanol–water partition coefficient (Wildman–Crippen LogP) is 2.53. The van der Waals surface area contributed by atoms with Crippen molar-refractivity contribution < 1.29 is 14.3 Å². The smallest absolute Gasteiger partial charge is 0.338 e. The summed E-state index contributed by atoms with van der Waals surface area (Å²) < 4.78 is 9.86. The Bertz CT molecular complexity index is 418. The number of halogens is 1. The van der Waals surface area contributed by atoms with Gasteiger partial charge in [-0.3, -0.25) is 0 Å². The minimum atomic E-state index is -0.500. The Balaban J connectivity index is 3.17. The average molecular weight is 242 g/mol. The minimum Gasteiger partial charge on any atom is -0.494 e. The molecule has 0 saturated carbocycles. The zero-order valence-corrected chi connectivity index (χ0v) is 9.87. The molecule has 0 bridgehead atoms. The summed E-state index contributed by atoms with van der Waals surface area (Å²) in [6.07, 6.45) is 1.44. The Morgan fingerprint density at radius 3 is 2.81 bits per heavy atom. The number of esters is 1. The summed E-state index contributed by atoms with van der Waals surface area (Å²) in [7, 11) is 1.30. The number of rotatable bonds is 4. The molecule has 0 aromatic carbocycles. The molecule has 0 unspecified atom stereocenters. The van der Waals surface area contributed by atoms with Crippen molar-refractivity contribution in [2.45, 2.75) is 6.92 Å². The van der Waals surface area contributed by atoms with Gasteiger partial charge in [-0.2, -0.15) is 0 Å². The van der Waals surface area contributed by atoms with Gasteiger partial charge in [0.2, 0.25) is 0 Å². The number of hydrogen-bond donors (Lipinski definition) is 0. The van der Waals surface area contributed by atoms with Crippen molar-refractivity contribution in [3.63, 3.8) is 0 Å². The van der Waals surface area contributed by atoms with Gasteiger partial charge in [-0.25, -0.2) is 9.78 Å². The third-order valence-electron chi connectivity index (χ3n) is 1.89. The summed E-state index contributed by atoms with van der Waals surface area (Å²) in [5.41, 5.74) is 0.777. The van der Waals surface area contributed by atoms with E-state index in [2.05, 4.69) is 16.3 Å². The van der Waals surface area contributed by atoms with Crippen LogP contribution in [0.1, 0.15) is 22.8 Å². The van der Waals surface area contributed by atoms with Crippen molar-refractivity contribution in [1.82, 2.24) is 4.98 Å². The zero-order valence-electron chi connectivity index (χ0n) is 9.12. The number of nitrogens with zero attached hydrogens (tertiary/aromatic N) is 1. The van der Waals surface area contributed by atoms with E-state index >= 15 is 0 Å². The van der Waals surface area contributed by atoms with Crippen LogP contribution in [0.2, 0.25) is 5.15 Å². The lowest BCUT2D eigenvalue weighted by Gasteiger charge is -2.10. The first-order valence-corrected chi connectivity index (χ1v) is 5.03. The lowest BCUT2D eigenvalue weighted by atomic mass is 10.1. The first-order valence-electron chi connectivity index (χ1n) is 4.66. The quantitative estimate of drug-likeness (QED) is 0.462. The summed E-state index contributed by atoms with van der Waals surface area (Å²) in [6, 6.07) is 1.42. The van der Waals surface area contributed by atoms with Crippen LogP contribution >= 0.6 is 11.6 Å². The maximum atomic E-state index is 11.5. The lowest BCUT2D eigenvalue weighted by molar-refractivity contribution is 0.0599. The van der Waals surface area contributed by atoms with Crippen LogP contribution in [0, 0.1) is 0 Å². The highest BCUT2D eigenvalue weighted by atomic mass is 35.5. The van der Waals surface area contributed by atoms with E-state index in [0.29, 0.717) is 23.5 Å². The van der Waals surface area contributed by atoms with E-state index in [-0.39, 0.29) is 5.15 Å². The van der Waals surface area contributed by atoms with Crippen LogP contribution in [0.4, 0.5) is 0 Å². The minimum absolute atomic E-state index is 0.216. The fourth-order valence-electron chi connectivity index (χ4n) is 1.18. The summed E-state index contributed by atoms with van der Waals surface area (Å²) in [5.74, 6) is -0.132. The molecule has 16 heavy (non-hydrogen) atoms. The number of methoxy groups -OCH3 is 1. The van der Waals surface area contributed by atoms with Gasteiger partial charge in [-0.05, 0) is 13.0 Å². The van der Waals surface area contributed by atoms with Crippen molar-refractivity contribution in [3.05, 3.63) is 35.1 Å². The van der Waals surface area contributed by atoms with Crippen LogP contribution in [0.5, 0.6) is 0 Å². The molecule has 0 aliphatic carbocycles. The fourth-order valence-corrected chi connectivity index (χ4v) is 1.34. The number of pyridine rings is 1. The van der Waals surface area contributed by atoms with Crippen LogP contribution < -0.4 is 0 Å². The molecule has 86 valence electrons. The molecular formula is C11H12ClNO3. The zero-order chi connectivity index (χ0) is 12.1. The third-order valence-corrected chi connectivity index (χ3v) is 2.10. The molecule has 0 spiro atoms.